The van der Waals surface area contributed by atoms with Crippen molar-refractivity contribution in [1.29, 1.82) is 5.26 Å². The number of hydrogen-bond acceptors (Lipinski definition) is 8. The summed E-state index contributed by atoms with van der Waals surface area (Å²) in [5.41, 5.74) is 1.89. The number of nitrogens with zero attached hydrogens (tertiary/aromatic N) is 4. The molecule has 0 atom stereocenters. The second-order valence-corrected chi connectivity index (χ2v) is 10.3. The van der Waals surface area contributed by atoms with E-state index in [9.17, 15) is 18.4 Å². The van der Waals surface area contributed by atoms with Gasteiger partial charge >= 0.3 is 6.09 Å². The van der Waals surface area contributed by atoms with Crippen molar-refractivity contribution in [3.8, 4) is 23.1 Å². The summed E-state index contributed by atoms with van der Waals surface area (Å²) >= 11 is 0. The predicted octanol–water partition coefficient (Wildman–Crippen LogP) is 5.14. The summed E-state index contributed by atoms with van der Waals surface area (Å²) in [6, 6.07) is 9.55. The van der Waals surface area contributed by atoms with E-state index in [4.69, 9.17) is 14.7 Å². The van der Waals surface area contributed by atoms with Gasteiger partial charge in [-0.3, -0.25) is 9.20 Å². The van der Waals surface area contributed by atoms with Crippen LogP contribution in [0.2, 0.25) is 0 Å². The van der Waals surface area contributed by atoms with Gasteiger partial charge in [0, 0.05) is 42.3 Å². The molecule has 0 saturated carbocycles. The lowest BCUT2D eigenvalue weighted by Crippen LogP contribution is -2.38. The molecule has 43 heavy (non-hydrogen) atoms. The SMILES string of the molecule is CCc1cc(Nc2nccn3c(-c4ccc(OCC#N)c(F)c4F)cnc23)ccc1C(=O)NCCNC(=O)OC(C)(C)C. The fourth-order valence-corrected chi connectivity index (χ4v) is 4.23. The molecule has 4 rings (SSSR count). The van der Waals surface area contributed by atoms with Crippen molar-refractivity contribution < 1.29 is 27.8 Å². The predicted molar refractivity (Wildman–Crippen MR) is 155 cm³/mol. The Morgan fingerprint density at radius 3 is 2.56 bits per heavy atom. The van der Waals surface area contributed by atoms with Gasteiger partial charge in [-0.1, -0.05) is 6.92 Å². The van der Waals surface area contributed by atoms with E-state index in [1.807, 2.05) is 13.0 Å². The zero-order valence-electron chi connectivity index (χ0n) is 24.1. The van der Waals surface area contributed by atoms with E-state index in [2.05, 4.69) is 25.9 Å². The molecular formula is C30H31F2N7O4. The highest BCUT2D eigenvalue weighted by molar-refractivity contribution is 5.96. The highest BCUT2D eigenvalue weighted by atomic mass is 19.2. The largest absolute Gasteiger partial charge is 0.476 e. The summed E-state index contributed by atoms with van der Waals surface area (Å²) in [6.45, 7) is 7.23. The lowest BCUT2D eigenvalue weighted by Gasteiger charge is -2.19. The van der Waals surface area contributed by atoms with Gasteiger partial charge in [-0.25, -0.2) is 19.2 Å². The third-order valence-electron chi connectivity index (χ3n) is 6.12. The molecule has 0 aliphatic heterocycles. The summed E-state index contributed by atoms with van der Waals surface area (Å²) in [7, 11) is 0. The third kappa shape index (κ3) is 7.34. The van der Waals surface area contributed by atoms with Gasteiger partial charge in [-0.05, 0) is 63.1 Å². The first-order valence-electron chi connectivity index (χ1n) is 13.5. The quantitative estimate of drug-likeness (QED) is 0.215. The third-order valence-corrected chi connectivity index (χ3v) is 6.12. The number of aryl methyl sites for hydroxylation is 1. The van der Waals surface area contributed by atoms with Crippen LogP contribution in [0.4, 0.5) is 25.1 Å². The summed E-state index contributed by atoms with van der Waals surface area (Å²) in [5.74, 6) is -2.62. The standard InChI is InChI=1S/C30H31F2N7O4/c1-5-18-16-19(6-7-20(18)28(40)35-11-12-36-29(41)43-30(2,3)4)38-26-27-37-17-22(39(27)14-13-34-26)21-8-9-23(42-15-10-33)25(32)24(21)31/h6-9,13-14,16-17H,5,11-12,15H2,1-4H3,(H,34,38)(H,35,40)(H,36,41). The average molecular weight is 592 g/mol. The fraction of sp³-hybridized carbons (Fsp3) is 0.300. The zero-order valence-corrected chi connectivity index (χ0v) is 24.1. The van der Waals surface area contributed by atoms with E-state index in [0.29, 0.717) is 29.1 Å². The number of nitriles is 1. The first-order valence-corrected chi connectivity index (χ1v) is 13.5. The van der Waals surface area contributed by atoms with Crippen molar-refractivity contribution in [2.24, 2.45) is 0 Å². The van der Waals surface area contributed by atoms with Crippen LogP contribution in [0.1, 0.15) is 43.6 Å². The Balaban J connectivity index is 1.48. The first kappa shape index (κ1) is 30.7. The minimum atomic E-state index is -1.20. The number of imidazole rings is 1. The summed E-state index contributed by atoms with van der Waals surface area (Å²) in [5, 5.41) is 17.2. The fourth-order valence-electron chi connectivity index (χ4n) is 4.23. The Hall–Kier alpha value is -5.25. The van der Waals surface area contributed by atoms with Crippen molar-refractivity contribution in [1.82, 2.24) is 25.0 Å². The minimum absolute atomic E-state index is 0.0450. The molecule has 0 saturated heterocycles. The second-order valence-electron chi connectivity index (χ2n) is 10.3. The Morgan fingerprint density at radius 1 is 1.07 bits per heavy atom. The van der Waals surface area contributed by atoms with Gasteiger partial charge in [0.1, 0.15) is 11.7 Å². The number of amides is 2. The van der Waals surface area contributed by atoms with Gasteiger partial charge in [0.25, 0.3) is 5.91 Å². The summed E-state index contributed by atoms with van der Waals surface area (Å²) in [6.07, 6.45) is 4.48. The maximum atomic E-state index is 14.9. The van der Waals surface area contributed by atoms with E-state index < -0.39 is 29.9 Å². The Kier molecular flexibility index (Phi) is 9.39. The van der Waals surface area contributed by atoms with E-state index in [-0.39, 0.29) is 36.0 Å². The van der Waals surface area contributed by atoms with E-state index >= 15 is 0 Å². The smallest absolute Gasteiger partial charge is 0.407 e. The van der Waals surface area contributed by atoms with Crippen LogP contribution in [0.3, 0.4) is 0 Å². The van der Waals surface area contributed by atoms with E-state index in [1.54, 1.807) is 49.6 Å². The van der Waals surface area contributed by atoms with Crippen LogP contribution in [0.15, 0.2) is 48.9 Å². The number of alkyl carbamates (subject to hydrolysis) is 1. The number of halogens is 2. The van der Waals surface area contributed by atoms with E-state index in [1.165, 1.54) is 24.5 Å². The molecule has 13 heteroatoms. The van der Waals surface area contributed by atoms with Crippen LogP contribution in [0.25, 0.3) is 16.9 Å². The molecule has 3 N–H and O–H groups in total. The number of ether oxygens (including phenoxy) is 2. The molecule has 2 heterocycles. The molecule has 0 spiro atoms. The maximum Gasteiger partial charge on any atom is 0.407 e. The average Bonchev–Trinajstić information content (AvgIpc) is 3.40. The molecular weight excluding hydrogens is 560 g/mol. The molecule has 0 radical (unpaired) electrons. The molecule has 0 unspecified atom stereocenters. The van der Waals surface area contributed by atoms with Crippen LogP contribution in [-0.4, -0.2) is 51.7 Å². The zero-order chi connectivity index (χ0) is 31.1. The molecule has 0 aliphatic rings. The maximum absolute atomic E-state index is 14.9. The van der Waals surface area contributed by atoms with Gasteiger partial charge in [0.2, 0.25) is 5.82 Å². The number of hydrogen-bond donors (Lipinski definition) is 3. The summed E-state index contributed by atoms with van der Waals surface area (Å²) in [4.78, 5) is 33.3. The van der Waals surface area contributed by atoms with Crippen molar-refractivity contribution >= 4 is 29.2 Å². The number of rotatable bonds is 10. The highest BCUT2D eigenvalue weighted by Crippen LogP contribution is 2.32. The van der Waals surface area contributed by atoms with E-state index in [0.717, 1.165) is 5.56 Å². The van der Waals surface area contributed by atoms with Gasteiger partial charge in [-0.15, -0.1) is 0 Å². The molecule has 0 aliphatic carbocycles. The van der Waals surface area contributed by atoms with Crippen LogP contribution < -0.4 is 20.7 Å². The minimum Gasteiger partial charge on any atom is -0.476 e. The number of nitrogens with one attached hydrogen (secondary N) is 3. The number of aromatic nitrogens is 3. The number of fused-ring (bicyclic) bond motifs is 1. The highest BCUT2D eigenvalue weighted by Gasteiger charge is 2.20. The molecule has 0 bridgehead atoms. The number of benzene rings is 2. The van der Waals surface area contributed by atoms with Gasteiger partial charge in [-0.2, -0.15) is 9.65 Å². The Bertz CT molecular complexity index is 1690. The molecule has 2 aromatic heterocycles. The molecule has 224 valence electrons. The van der Waals surface area contributed by atoms with Crippen molar-refractivity contribution in [3.05, 3.63) is 71.7 Å². The van der Waals surface area contributed by atoms with Crippen LogP contribution in [0.5, 0.6) is 5.75 Å². The molecule has 2 amide bonds. The number of anilines is 2. The van der Waals surface area contributed by atoms with Crippen molar-refractivity contribution in [3.63, 3.8) is 0 Å². The van der Waals surface area contributed by atoms with Crippen LogP contribution in [0, 0.1) is 23.0 Å². The second kappa shape index (κ2) is 13.2. The summed E-state index contributed by atoms with van der Waals surface area (Å²) < 4.78 is 41.2. The Labute approximate surface area is 246 Å². The lowest BCUT2D eigenvalue weighted by atomic mass is 10.0. The first-order chi connectivity index (χ1) is 20.5. The van der Waals surface area contributed by atoms with Gasteiger partial charge in [0.05, 0.1) is 11.9 Å². The topological polar surface area (TPSA) is 143 Å². The molecule has 4 aromatic rings. The number of carbonyl (C=O) groups is 2. The van der Waals surface area contributed by atoms with Crippen LogP contribution >= 0.6 is 0 Å². The molecule has 11 nitrogen and oxygen atoms in total. The van der Waals surface area contributed by atoms with Gasteiger partial charge < -0.3 is 25.4 Å². The Morgan fingerprint density at radius 2 is 1.84 bits per heavy atom. The van der Waals surface area contributed by atoms with Crippen LogP contribution in [-0.2, 0) is 11.2 Å². The molecule has 0 fully saturated rings. The molecule has 2 aromatic carbocycles. The van der Waals surface area contributed by atoms with Crippen molar-refractivity contribution in [2.45, 2.75) is 39.7 Å². The normalized spacial score (nSPS) is 11.1. The number of carbonyl (C=O) groups excluding carboxylic acids is 2. The van der Waals surface area contributed by atoms with Crippen molar-refractivity contribution in [2.75, 3.05) is 25.0 Å². The lowest BCUT2D eigenvalue weighted by molar-refractivity contribution is 0.0526. The monoisotopic (exact) mass is 591 g/mol. The van der Waals surface area contributed by atoms with Gasteiger partial charge in [0.15, 0.2) is 29.6 Å².